The number of carbonyl (C=O) groups excluding carboxylic acids is 1. The highest BCUT2D eigenvalue weighted by atomic mass is 19.1. The van der Waals surface area contributed by atoms with Gasteiger partial charge in [-0.05, 0) is 34.8 Å². The average molecular weight is 349 g/mol. The molecule has 134 valence electrons. The molecule has 0 aromatic heterocycles. The molecule has 0 aliphatic carbocycles. The molecule has 0 unspecified atom stereocenters. The van der Waals surface area contributed by atoms with Crippen molar-refractivity contribution >= 4 is 17.9 Å². The highest BCUT2D eigenvalue weighted by Gasteiger charge is 2.20. The van der Waals surface area contributed by atoms with Gasteiger partial charge in [0.25, 0.3) is 0 Å². The number of carbonyl (C=O) groups is 1. The van der Waals surface area contributed by atoms with Crippen molar-refractivity contribution in [2.24, 2.45) is 0 Å². The van der Waals surface area contributed by atoms with E-state index in [4.69, 9.17) is 0 Å². The molecule has 0 radical (unpaired) electrons. The number of hydrogen-bond acceptors (Lipinski definition) is 2. The van der Waals surface area contributed by atoms with Gasteiger partial charge >= 0.3 is 0 Å². The van der Waals surface area contributed by atoms with Crippen LogP contribution in [0.5, 0.6) is 0 Å². The van der Waals surface area contributed by atoms with Gasteiger partial charge in [-0.3, -0.25) is 4.79 Å². The van der Waals surface area contributed by atoms with Crippen LogP contribution in [0.1, 0.15) is 37.5 Å². The van der Waals surface area contributed by atoms with Gasteiger partial charge in [-0.15, -0.1) is 0 Å². The second kappa shape index (κ2) is 7.38. The third-order valence-electron chi connectivity index (χ3n) is 4.57. The zero-order valence-electron chi connectivity index (χ0n) is 15.5. The molecule has 1 saturated heterocycles. The number of ketones is 1. The van der Waals surface area contributed by atoms with Gasteiger partial charge in [0.1, 0.15) is 5.82 Å². The zero-order valence-corrected chi connectivity index (χ0v) is 15.5. The maximum Gasteiger partial charge on any atom is 0.187 e. The Morgan fingerprint density at radius 1 is 0.923 bits per heavy atom. The first-order chi connectivity index (χ1) is 12.3. The fourth-order valence-corrected chi connectivity index (χ4v) is 2.99. The number of piperidine rings is 1. The summed E-state index contributed by atoms with van der Waals surface area (Å²) in [5, 5.41) is 3.23. The van der Waals surface area contributed by atoms with Gasteiger partial charge in [0.15, 0.2) is 5.78 Å². The summed E-state index contributed by atoms with van der Waals surface area (Å²) in [4.78, 5) is 12.8. The molecular formula is C23H24FNO. The maximum absolute atomic E-state index is 13.9. The second-order valence-corrected chi connectivity index (χ2v) is 7.67. The Hall–Kier alpha value is -2.52. The Kier molecular flexibility index (Phi) is 5.19. The van der Waals surface area contributed by atoms with Crippen molar-refractivity contribution in [1.29, 1.82) is 0 Å². The molecule has 0 amide bonds. The van der Waals surface area contributed by atoms with Crippen LogP contribution in [0.3, 0.4) is 0 Å². The van der Waals surface area contributed by atoms with Gasteiger partial charge in [0, 0.05) is 29.8 Å². The zero-order chi connectivity index (χ0) is 18.7. The van der Waals surface area contributed by atoms with Crippen molar-refractivity contribution < 1.29 is 9.18 Å². The minimum atomic E-state index is -0.318. The fraction of sp³-hybridized carbons (Fsp3) is 0.261. The van der Waals surface area contributed by atoms with Crippen molar-refractivity contribution in [3.8, 4) is 0 Å². The number of rotatable bonds is 2. The Morgan fingerprint density at radius 2 is 1.54 bits per heavy atom. The van der Waals surface area contributed by atoms with Crippen molar-refractivity contribution in [2.75, 3.05) is 13.1 Å². The van der Waals surface area contributed by atoms with Gasteiger partial charge in [0.05, 0.1) is 0 Å². The molecule has 0 saturated carbocycles. The van der Waals surface area contributed by atoms with E-state index >= 15 is 0 Å². The standard InChI is InChI=1S/C23H24FNO/c1-23(2,3)20-10-8-16(9-11-20)12-18-14-25-15-19(22(18)26)13-17-6-4-5-7-21(17)24/h4-13,25H,14-15H2,1-3H3. The summed E-state index contributed by atoms with van der Waals surface area (Å²) < 4.78 is 13.9. The molecule has 3 heteroatoms. The molecule has 3 rings (SSSR count). The average Bonchev–Trinajstić information content (AvgIpc) is 2.60. The van der Waals surface area contributed by atoms with Crippen molar-refractivity contribution in [3.63, 3.8) is 0 Å². The molecular weight excluding hydrogens is 325 g/mol. The molecule has 0 bridgehead atoms. The number of hydrogen-bond donors (Lipinski definition) is 1. The smallest absolute Gasteiger partial charge is 0.187 e. The molecule has 1 aliphatic rings. The largest absolute Gasteiger partial charge is 0.308 e. The van der Waals surface area contributed by atoms with Gasteiger partial charge in [0.2, 0.25) is 0 Å². The van der Waals surface area contributed by atoms with Gasteiger partial charge < -0.3 is 5.32 Å². The first-order valence-electron chi connectivity index (χ1n) is 8.86. The summed E-state index contributed by atoms with van der Waals surface area (Å²) in [6.45, 7) is 7.50. The van der Waals surface area contributed by atoms with Crippen LogP contribution in [0.4, 0.5) is 4.39 Å². The lowest BCUT2D eigenvalue weighted by Crippen LogP contribution is -2.32. The summed E-state index contributed by atoms with van der Waals surface area (Å²) >= 11 is 0. The summed E-state index contributed by atoms with van der Waals surface area (Å²) in [6.07, 6.45) is 3.55. The molecule has 1 fully saturated rings. The summed E-state index contributed by atoms with van der Waals surface area (Å²) in [7, 11) is 0. The first kappa shape index (κ1) is 18.3. The summed E-state index contributed by atoms with van der Waals surface area (Å²) in [6, 6.07) is 14.8. The highest BCUT2D eigenvalue weighted by molar-refractivity contribution is 6.14. The SMILES string of the molecule is CC(C)(C)c1ccc(C=C2CNCC(=Cc3ccccc3F)C2=O)cc1. The Balaban J connectivity index is 1.86. The molecule has 1 heterocycles. The van der Waals surface area contributed by atoms with Gasteiger partial charge in [-0.25, -0.2) is 4.39 Å². The number of nitrogens with one attached hydrogen (secondary N) is 1. The van der Waals surface area contributed by atoms with E-state index in [9.17, 15) is 9.18 Å². The predicted octanol–water partition coefficient (Wildman–Crippen LogP) is 4.76. The van der Waals surface area contributed by atoms with Crippen molar-refractivity contribution in [3.05, 3.63) is 82.2 Å². The Morgan fingerprint density at radius 3 is 2.15 bits per heavy atom. The Labute approximate surface area is 154 Å². The maximum atomic E-state index is 13.9. The summed E-state index contributed by atoms with van der Waals surface area (Å²) in [5.74, 6) is -0.339. The third kappa shape index (κ3) is 4.17. The molecule has 1 aliphatic heterocycles. The minimum absolute atomic E-state index is 0.0214. The quantitative estimate of drug-likeness (QED) is 0.792. The number of benzene rings is 2. The fourth-order valence-electron chi connectivity index (χ4n) is 2.99. The molecule has 2 nitrogen and oxygen atoms in total. The molecule has 2 aromatic carbocycles. The van der Waals surface area contributed by atoms with Crippen LogP contribution < -0.4 is 5.32 Å². The predicted molar refractivity (Wildman–Crippen MR) is 105 cm³/mol. The van der Waals surface area contributed by atoms with Crippen LogP contribution in [-0.4, -0.2) is 18.9 Å². The monoisotopic (exact) mass is 349 g/mol. The lowest BCUT2D eigenvalue weighted by molar-refractivity contribution is -0.112. The highest BCUT2D eigenvalue weighted by Crippen LogP contribution is 2.24. The van der Waals surface area contributed by atoms with Gasteiger partial charge in [-0.1, -0.05) is 63.2 Å². The normalized spacial score (nSPS) is 18.5. The van der Waals surface area contributed by atoms with Crippen LogP contribution in [-0.2, 0) is 10.2 Å². The molecule has 26 heavy (non-hydrogen) atoms. The molecule has 0 atom stereocenters. The lowest BCUT2D eigenvalue weighted by atomic mass is 9.86. The second-order valence-electron chi connectivity index (χ2n) is 7.67. The van der Waals surface area contributed by atoms with Crippen molar-refractivity contribution in [2.45, 2.75) is 26.2 Å². The van der Waals surface area contributed by atoms with E-state index in [0.29, 0.717) is 29.8 Å². The van der Waals surface area contributed by atoms with E-state index in [1.165, 1.54) is 11.6 Å². The number of Topliss-reactive ketones (excluding diaryl/α,β-unsaturated/α-hetero) is 1. The van der Waals surface area contributed by atoms with E-state index in [-0.39, 0.29) is 17.0 Å². The van der Waals surface area contributed by atoms with E-state index in [0.717, 1.165) is 5.56 Å². The molecule has 1 N–H and O–H groups in total. The minimum Gasteiger partial charge on any atom is -0.308 e. The van der Waals surface area contributed by atoms with Crippen LogP contribution in [0.25, 0.3) is 12.2 Å². The van der Waals surface area contributed by atoms with Crippen LogP contribution >= 0.6 is 0 Å². The van der Waals surface area contributed by atoms with E-state index < -0.39 is 0 Å². The Bertz CT molecular complexity index is 870. The molecule has 2 aromatic rings. The van der Waals surface area contributed by atoms with E-state index in [1.54, 1.807) is 24.3 Å². The van der Waals surface area contributed by atoms with Crippen molar-refractivity contribution in [1.82, 2.24) is 5.32 Å². The third-order valence-corrected chi connectivity index (χ3v) is 4.57. The van der Waals surface area contributed by atoms with E-state index in [1.807, 2.05) is 18.2 Å². The van der Waals surface area contributed by atoms with Crippen LogP contribution in [0.2, 0.25) is 0 Å². The van der Waals surface area contributed by atoms with Crippen LogP contribution in [0.15, 0.2) is 59.7 Å². The lowest BCUT2D eigenvalue weighted by Gasteiger charge is -2.20. The topological polar surface area (TPSA) is 29.1 Å². The van der Waals surface area contributed by atoms with Gasteiger partial charge in [-0.2, -0.15) is 0 Å². The molecule has 0 spiro atoms. The summed E-state index contributed by atoms with van der Waals surface area (Å²) in [5.41, 5.74) is 4.07. The van der Waals surface area contributed by atoms with E-state index in [2.05, 4.69) is 38.2 Å². The first-order valence-corrected chi connectivity index (χ1v) is 8.86. The van der Waals surface area contributed by atoms with Crippen LogP contribution in [0, 0.1) is 5.82 Å². The number of halogens is 1.